The molecule has 40 heavy (non-hydrogen) atoms. The average Bonchev–Trinajstić information content (AvgIpc) is 3.33. The Hall–Kier alpha value is -2.82. The lowest BCUT2D eigenvalue weighted by Gasteiger charge is -2.10. The van der Waals surface area contributed by atoms with E-state index >= 15 is 0 Å². The van der Waals surface area contributed by atoms with Crippen LogP contribution in [0.4, 0.5) is 0 Å². The molecule has 0 aliphatic rings. The summed E-state index contributed by atoms with van der Waals surface area (Å²) in [5.41, 5.74) is 3.30. The van der Waals surface area contributed by atoms with Crippen molar-refractivity contribution >= 4 is 16.9 Å². The summed E-state index contributed by atoms with van der Waals surface area (Å²) in [6.45, 7) is 3.98. The first kappa shape index (κ1) is 31.7. The number of carbonyl (C=O) groups is 1. The summed E-state index contributed by atoms with van der Waals surface area (Å²) in [7, 11) is 1.65. The largest absolute Gasteiger partial charge is 0.497 e. The third-order valence-corrected chi connectivity index (χ3v) is 7.89. The number of carbonyl (C=O) groups excluding carboxylic acids is 1. The van der Waals surface area contributed by atoms with E-state index in [1.54, 1.807) is 7.11 Å². The summed E-state index contributed by atoms with van der Waals surface area (Å²) in [6.07, 6.45) is 21.4. The van der Waals surface area contributed by atoms with Crippen molar-refractivity contribution in [2.24, 2.45) is 0 Å². The van der Waals surface area contributed by atoms with E-state index in [0.717, 1.165) is 42.0 Å². The summed E-state index contributed by atoms with van der Waals surface area (Å²) in [5.74, 6) is 2.00. The molecule has 0 spiro atoms. The molecule has 0 fully saturated rings. The highest BCUT2D eigenvalue weighted by molar-refractivity contribution is 5.78. The molecule has 0 saturated heterocycles. The number of rotatable bonds is 22. The normalized spacial score (nSPS) is 11.2. The molecule has 1 aromatic heterocycles. The molecule has 3 rings (SSSR count). The van der Waals surface area contributed by atoms with E-state index in [1.165, 1.54) is 95.4 Å². The van der Waals surface area contributed by atoms with E-state index in [0.29, 0.717) is 13.0 Å². The van der Waals surface area contributed by atoms with Crippen molar-refractivity contribution in [1.82, 2.24) is 14.9 Å². The molecule has 1 N–H and O–H groups in total. The van der Waals surface area contributed by atoms with Crippen LogP contribution in [0.2, 0.25) is 0 Å². The van der Waals surface area contributed by atoms with E-state index in [4.69, 9.17) is 9.72 Å². The van der Waals surface area contributed by atoms with Crippen LogP contribution in [0.25, 0.3) is 11.0 Å². The van der Waals surface area contributed by atoms with E-state index in [2.05, 4.69) is 41.1 Å². The maximum atomic E-state index is 12.4. The first-order valence-corrected chi connectivity index (χ1v) is 16.0. The molecule has 3 aromatic rings. The maximum absolute atomic E-state index is 12.4. The first-order valence-electron chi connectivity index (χ1n) is 16.0. The van der Waals surface area contributed by atoms with Crippen LogP contribution >= 0.6 is 0 Å². The Bertz CT molecular complexity index is 1090. The van der Waals surface area contributed by atoms with Crippen LogP contribution in [0, 0.1) is 0 Å². The SMILES string of the molecule is CCCCCCCCCCCCCCCCn1c(CCCNC(=O)Cc2ccc(OC)cc2)nc2ccccc21. The van der Waals surface area contributed by atoms with Crippen molar-refractivity contribution < 1.29 is 9.53 Å². The fraction of sp³-hybridized carbons (Fsp3) is 0.600. The van der Waals surface area contributed by atoms with Gasteiger partial charge in [-0.15, -0.1) is 0 Å². The van der Waals surface area contributed by atoms with Crippen LogP contribution in [-0.2, 0) is 24.2 Å². The van der Waals surface area contributed by atoms with Crippen LogP contribution in [0.5, 0.6) is 5.75 Å². The highest BCUT2D eigenvalue weighted by Crippen LogP contribution is 2.19. The van der Waals surface area contributed by atoms with Gasteiger partial charge in [0.05, 0.1) is 24.6 Å². The number of nitrogens with zero attached hydrogens (tertiary/aromatic N) is 2. The molecular formula is C35H53N3O2. The predicted octanol–water partition coefficient (Wildman–Crippen LogP) is 8.82. The third kappa shape index (κ3) is 11.7. The van der Waals surface area contributed by atoms with Gasteiger partial charge in [0.1, 0.15) is 11.6 Å². The zero-order valence-corrected chi connectivity index (χ0v) is 25.3. The molecule has 220 valence electrons. The zero-order chi connectivity index (χ0) is 28.3. The summed E-state index contributed by atoms with van der Waals surface area (Å²) in [5, 5.41) is 3.07. The Balaban J connectivity index is 1.31. The van der Waals surface area contributed by atoms with Gasteiger partial charge in [-0.3, -0.25) is 4.79 Å². The number of amides is 1. The molecule has 1 amide bonds. The van der Waals surface area contributed by atoms with Gasteiger partial charge in [-0.2, -0.15) is 0 Å². The minimum Gasteiger partial charge on any atom is -0.497 e. The molecule has 5 heteroatoms. The number of hydrogen-bond donors (Lipinski definition) is 1. The average molecular weight is 548 g/mol. The van der Waals surface area contributed by atoms with Gasteiger partial charge in [-0.25, -0.2) is 4.98 Å². The number of ether oxygens (including phenoxy) is 1. The minimum atomic E-state index is 0.0566. The third-order valence-electron chi connectivity index (χ3n) is 7.89. The van der Waals surface area contributed by atoms with Crippen molar-refractivity contribution in [1.29, 1.82) is 0 Å². The Labute approximate surface area is 243 Å². The van der Waals surface area contributed by atoms with E-state index in [-0.39, 0.29) is 5.91 Å². The lowest BCUT2D eigenvalue weighted by Crippen LogP contribution is -2.26. The molecular weight excluding hydrogens is 494 g/mol. The van der Waals surface area contributed by atoms with Crippen molar-refractivity contribution in [3.05, 3.63) is 59.9 Å². The van der Waals surface area contributed by atoms with Crippen LogP contribution in [-0.4, -0.2) is 29.1 Å². The maximum Gasteiger partial charge on any atom is 0.224 e. The quantitative estimate of drug-likeness (QED) is 0.128. The predicted molar refractivity (Wildman–Crippen MR) is 168 cm³/mol. The molecule has 0 radical (unpaired) electrons. The van der Waals surface area contributed by atoms with Crippen molar-refractivity contribution in [3.63, 3.8) is 0 Å². The van der Waals surface area contributed by atoms with Crippen LogP contribution in [0.15, 0.2) is 48.5 Å². The topological polar surface area (TPSA) is 56.2 Å². The zero-order valence-electron chi connectivity index (χ0n) is 25.3. The number of hydrogen-bond acceptors (Lipinski definition) is 3. The standard InChI is InChI=1S/C35H53N3O2/c1-3-4-5-6-7-8-9-10-11-12-13-14-15-18-28-38-33-21-17-16-20-32(33)37-34(38)22-19-27-36-35(39)29-30-23-25-31(40-2)26-24-30/h16-17,20-21,23-26H,3-15,18-19,22,27-29H2,1-2H3,(H,36,39). The van der Waals surface area contributed by atoms with Gasteiger partial charge >= 0.3 is 0 Å². The van der Waals surface area contributed by atoms with Crippen molar-refractivity contribution in [3.8, 4) is 5.75 Å². The Morgan fingerprint density at radius 3 is 2.00 bits per heavy atom. The molecule has 0 unspecified atom stereocenters. The Morgan fingerprint density at radius 1 is 0.775 bits per heavy atom. The number of aryl methyl sites for hydroxylation is 2. The van der Waals surface area contributed by atoms with E-state index in [9.17, 15) is 4.79 Å². The second-order valence-corrected chi connectivity index (χ2v) is 11.2. The van der Waals surface area contributed by atoms with Crippen LogP contribution in [0.3, 0.4) is 0 Å². The minimum absolute atomic E-state index is 0.0566. The molecule has 0 atom stereocenters. The number of nitrogens with one attached hydrogen (secondary N) is 1. The monoisotopic (exact) mass is 547 g/mol. The second-order valence-electron chi connectivity index (χ2n) is 11.2. The number of imidazole rings is 1. The van der Waals surface area contributed by atoms with Crippen LogP contribution < -0.4 is 10.1 Å². The summed E-state index contributed by atoms with van der Waals surface area (Å²) >= 11 is 0. The van der Waals surface area contributed by atoms with Gasteiger partial charge < -0.3 is 14.6 Å². The van der Waals surface area contributed by atoms with Gasteiger partial charge in [-0.1, -0.05) is 115 Å². The molecule has 2 aromatic carbocycles. The fourth-order valence-electron chi connectivity index (χ4n) is 5.50. The van der Waals surface area contributed by atoms with Gasteiger partial charge in [-0.05, 0) is 42.7 Å². The van der Waals surface area contributed by atoms with Crippen molar-refractivity contribution in [2.75, 3.05) is 13.7 Å². The Kier molecular flexibility index (Phi) is 15.3. The number of para-hydroxylation sites is 2. The fourth-order valence-corrected chi connectivity index (χ4v) is 5.50. The number of benzene rings is 2. The number of methoxy groups -OCH3 is 1. The lowest BCUT2D eigenvalue weighted by atomic mass is 10.0. The number of fused-ring (bicyclic) bond motifs is 1. The summed E-state index contributed by atoms with van der Waals surface area (Å²) in [6, 6.07) is 16.1. The number of aromatic nitrogens is 2. The molecule has 0 aliphatic heterocycles. The highest BCUT2D eigenvalue weighted by Gasteiger charge is 2.11. The van der Waals surface area contributed by atoms with Gasteiger partial charge in [0.2, 0.25) is 5.91 Å². The van der Waals surface area contributed by atoms with Gasteiger partial charge in [0, 0.05) is 19.5 Å². The second kappa shape index (κ2) is 19.3. The van der Waals surface area contributed by atoms with Crippen molar-refractivity contribution in [2.45, 2.75) is 123 Å². The lowest BCUT2D eigenvalue weighted by molar-refractivity contribution is -0.120. The molecule has 0 saturated carbocycles. The first-order chi connectivity index (χ1) is 19.7. The summed E-state index contributed by atoms with van der Waals surface area (Å²) in [4.78, 5) is 17.3. The van der Waals surface area contributed by atoms with E-state index in [1.807, 2.05) is 24.3 Å². The summed E-state index contributed by atoms with van der Waals surface area (Å²) < 4.78 is 7.60. The van der Waals surface area contributed by atoms with Crippen LogP contribution in [0.1, 0.15) is 115 Å². The van der Waals surface area contributed by atoms with E-state index < -0.39 is 0 Å². The number of unbranched alkanes of at least 4 members (excludes halogenated alkanes) is 13. The highest BCUT2D eigenvalue weighted by atomic mass is 16.5. The molecule has 0 bridgehead atoms. The van der Waals surface area contributed by atoms with Gasteiger partial charge in [0.15, 0.2) is 0 Å². The molecule has 1 heterocycles. The molecule has 0 aliphatic carbocycles. The Morgan fingerprint density at radius 2 is 1.38 bits per heavy atom. The smallest absolute Gasteiger partial charge is 0.224 e. The van der Waals surface area contributed by atoms with Gasteiger partial charge in [0.25, 0.3) is 0 Å². The molecule has 5 nitrogen and oxygen atoms in total.